The lowest BCUT2D eigenvalue weighted by atomic mass is 10.1. The van der Waals surface area contributed by atoms with Crippen LogP contribution in [0.3, 0.4) is 0 Å². The Balaban J connectivity index is 2.59. The number of benzene rings is 1. The van der Waals surface area contributed by atoms with Crippen LogP contribution >= 0.6 is 0 Å². The summed E-state index contributed by atoms with van der Waals surface area (Å²) in [6, 6.07) is 7.76. The molecule has 0 aliphatic rings. The minimum atomic E-state index is -0.479. The van der Waals surface area contributed by atoms with Crippen molar-refractivity contribution in [1.82, 2.24) is 5.32 Å². The second kappa shape index (κ2) is 5.87. The van der Waals surface area contributed by atoms with E-state index in [1.807, 2.05) is 52.0 Å². The Labute approximate surface area is 109 Å². The van der Waals surface area contributed by atoms with Crippen molar-refractivity contribution in [3.8, 4) is 0 Å². The molecule has 0 saturated carbocycles. The molecule has 0 saturated heterocycles. The van der Waals surface area contributed by atoms with Crippen LogP contribution in [0, 0.1) is 0 Å². The predicted molar refractivity (Wildman–Crippen MR) is 72.1 cm³/mol. The van der Waals surface area contributed by atoms with Gasteiger partial charge >= 0.3 is 6.09 Å². The van der Waals surface area contributed by atoms with Gasteiger partial charge in [0.05, 0.1) is 6.04 Å². The third kappa shape index (κ3) is 4.75. The van der Waals surface area contributed by atoms with Gasteiger partial charge in [-0.05, 0) is 38.8 Å². The number of amides is 1. The van der Waals surface area contributed by atoms with Gasteiger partial charge in [0.2, 0.25) is 0 Å². The molecule has 0 aromatic heterocycles. The topological polar surface area (TPSA) is 64.3 Å². The molecule has 18 heavy (non-hydrogen) atoms. The molecule has 1 aromatic rings. The monoisotopic (exact) mass is 250 g/mol. The molecular formula is C14H22N2O2. The van der Waals surface area contributed by atoms with Gasteiger partial charge in [-0.3, -0.25) is 0 Å². The number of hydrogen-bond donors (Lipinski definition) is 2. The van der Waals surface area contributed by atoms with Gasteiger partial charge in [-0.2, -0.15) is 0 Å². The second-order valence-corrected chi connectivity index (χ2v) is 5.31. The fraction of sp³-hybridized carbons (Fsp3) is 0.500. The first-order valence-corrected chi connectivity index (χ1v) is 6.10. The van der Waals surface area contributed by atoms with E-state index in [2.05, 4.69) is 5.32 Å². The number of nitrogens with two attached hydrogens (primary N) is 1. The highest BCUT2D eigenvalue weighted by Crippen LogP contribution is 2.14. The minimum Gasteiger partial charge on any atom is -0.444 e. The molecule has 0 bridgehead atoms. The Morgan fingerprint density at radius 3 is 2.33 bits per heavy atom. The lowest BCUT2D eigenvalue weighted by Crippen LogP contribution is -2.34. The van der Waals surface area contributed by atoms with Crippen LogP contribution in [0.5, 0.6) is 0 Å². The molecule has 1 aromatic carbocycles. The summed E-state index contributed by atoms with van der Waals surface area (Å²) in [4.78, 5) is 11.6. The standard InChI is InChI=1S/C14H22N2O2/c1-10(16-13(17)18-14(2,3)4)12-7-5-11(9-15)6-8-12/h5-8,10H,9,15H2,1-4H3,(H,16,17)/t10-/m0/s1. The van der Waals surface area contributed by atoms with Crippen LogP contribution in [-0.2, 0) is 11.3 Å². The lowest BCUT2D eigenvalue weighted by molar-refractivity contribution is 0.0508. The Hall–Kier alpha value is -1.55. The van der Waals surface area contributed by atoms with E-state index in [9.17, 15) is 4.79 Å². The van der Waals surface area contributed by atoms with Crippen LogP contribution in [0.1, 0.15) is 44.9 Å². The van der Waals surface area contributed by atoms with Gasteiger partial charge in [0.15, 0.2) is 0 Å². The molecule has 1 atom stereocenters. The molecule has 0 aliphatic heterocycles. The van der Waals surface area contributed by atoms with Crippen molar-refractivity contribution in [3.63, 3.8) is 0 Å². The number of rotatable bonds is 3. The van der Waals surface area contributed by atoms with Crippen LogP contribution in [0.2, 0.25) is 0 Å². The SMILES string of the molecule is C[C@H](NC(=O)OC(C)(C)C)c1ccc(CN)cc1. The number of ether oxygens (including phenoxy) is 1. The van der Waals surface area contributed by atoms with Crippen LogP contribution in [0.15, 0.2) is 24.3 Å². The normalized spacial score (nSPS) is 12.9. The van der Waals surface area contributed by atoms with Crippen molar-refractivity contribution < 1.29 is 9.53 Å². The Bertz CT molecular complexity index is 393. The smallest absolute Gasteiger partial charge is 0.408 e. The minimum absolute atomic E-state index is 0.0910. The van der Waals surface area contributed by atoms with Gasteiger partial charge in [-0.1, -0.05) is 24.3 Å². The zero-order valence-electron chi connectivity index (χ0n) is 11.5. The van der Waals surface area contributed by atoms with Crippen LogP contribution in [0.4, 0.5) is 4.79 Å². The van der Waals surface area contributed by atoms with E-state index in [1.165, 1.54) is 0 Å². The van der Waals surface area contributed by atoms with Gasteiger partial charge in [-0.15, -0.1) is 0 Å². The maximum Gasteiger partial charge on any atom is 0.408 e. The van der Waals surface area contributed by atoms with Gasteiger partial charge in [0.1, 0.15) is 5.60 Å². The molecule has 0 unspecified atom stereocenters. The average Bonchev–Trinajstić information content (AvgIpc) is 2.26. The Morgan fingerprint density at radius 1 is 1.33 bits per heavy atom. The first-order chi connectivity index (χ1) is 8.31. The molecule has 1 amide bonds. The largest absolute Gasteiger partial charge is 0.444 e. The lowest BCUT2D eigenvalue weighted by Gasteiger charge is -2.22. The molecule has 0 fully saturated rings. The molecule has 3 N–H and O–H groups in total. The zero-order chi connectivity index (χ0) is 13.8. The van der Waals surface area contributed by atoms with Crippen molar-refractivity contribution in [2.45, 2.75) is 45.9 Å². The molecular weight excluding hydrogens is 228 g/mol. The van der Waals surface area contributed by atoms with Gasteiger partial charge < -0.3 is 15.8 Å². The number of carbonyl (C=O) groups is 1. The van der Waals surface area contributed by atoms with Crippen LogP contribution in [-0.4, -0.2) is 11.7 Å². The molecule has 100 valence electrons. The highest BCUT2D eigenvalue weighted by molar-refractivity contribution is 5.68. The molecule has 1 rings (SSSR count). The highest BCUT2D eigenvalue weighted by Gasteiger charge is 2.18. The van der Waals surface area contributed by atoms with Crippen LogP contribution in [0.25, 0.3) is 0 Å². The highest BCUT2D eigenvalue weighted by atomic mass is 16.6. The van der Waals surface area contributed by atoms with Gasteiger partial charge in [0, 0.05) is 6.54 Å². The quantitative estimate of drug-likeness (QED) is 0.867. The first-order valence-electron chi connectivity index (χ1n) is 6.10. The Kier molecular flexibility index (Phi) is 4.73. The summed E-state index contributed by atoms with van der Waals surface area (Å²) in [5.41, 5.74) is 7.16. The van der Waals surface area contributed by atoms with E-state index in [0.717, 1.165) is 11.1 Å². The second-order valence-electron chi connectivity index (χ2n) is 5.31. The predicted octanol–water partition coefficient (Wildman–Crippen LogP) is 2.73. The molecule has 0 aliphatic carbocycles. The van der Waals surface area contributed by atoms with Gasteiger partial charge in [-0.25, -0.2) is 4.79 Å². The molecule has 0 spiro atoms. The van der Waals surface area contributed by atoms with Crippen molar-refractivity contribution in [1.29, 1.82) is 0 Å². The van der Waals surface area contributed by atoms with E-state index in [1.54, 1.807) is 0 Å². The number of nitrogens with one attached hydrogen (secondary N) is 1. The number of hydrogen-bond acceptors (Lipinski definition) is 3. The first kappa shape index (κ1) is 14.5. The average molecular weight is 250 g/mol. The molecule has 0 radical (unpaired) electrons. The van der Waals surface area contributed by atoms with Crippen molar-refractivity contribution in [3.05, 3.63) is 35.4 Å². The zero-order valence-corrected chi connectivity index (χ0v) is 11.5. The summed E-state index contributed by atoms with van der Waals surface area (Å²) in [5.74, 6) is 0. The fourth-order valence-corrected chi connectivity index (χ4v) is 1.51. The van der Waals surface area contributed by atoms with Crippen molar-refractivity contribution >= 4 is 6.09 Å². The van der Waals surface area contributed by atoms with Crippen LogP contribution < -0.4 is 11.1 Å². The summed E-state index contributed by atoms with van der Waals surface area (Å²) in [5, 5.41) is 2.80. The third-order valence-electron chi connectivity index (χ3n) is 2.45. The van der Waals surface area contributed by atoms with E-state index >= 15 is 0 Å². The summed E-state index contributed by atoms with van der Waals surface area (Å²) in [7, 11) is 0. The summed E-state index contributed by atoms with van der Waals surface area (Å²) >= 11 is 0. The van der Waals surface area contributed by atoms with E-state index < -0.39 is 11.7 Å². The maximum atomic E-state index is 11.6. The summed E-state index contributed by atoms with van der Waals surface area (Å²) < 4.78 is 5.20. The van der Waals surface area contributed by atoms with E-state index in [4.69, 9.17) is 10.5 Å². The summed E-state index contributed by atoms with van der Waals surface area (Å²) in [6.07, 6.45) is -0.405. The van der Waals surface area contributed by atoms with Gasteiger partial charge in [0.25, 0.3) is 0 Å². The number of carbonyl (C=O) groups excluding carboxylic acids is 1. The van der Waals surface area contributed by atoms with Crippen molar-refractivity contribution in [2.75, 3.05) is 0 Å². The van der Waals surface area contributed by atoms with E-state index in [-0.39, 0.29) is 6.04 Å². The number of alkyl carbamates (subject to hydrolysis) is 1. The molecule has 0 heterocycles. The molecule has 4 heteroatoms. The molecule has 4 nitrogen and oxygen atoms in total. The Morgan fingerprint density at radius 2 is 1.89 bits per heavy atom. The fourth-order valence-electron chi connectivity index (χ4n) is 1.51. The summed E-state index contributed by atoms with van der Waals surface area (Å²) in [6.45, 7) is 7.96. The maximum absolute atomic E-state index is 11.6. The van der Waals surface area contributed by atoms with E-state index in [0.29, 0.717) is 6.54 Å². The van der Waals surface area contributed by atoms with Crippen molar-refractivity contribution in [2.24, 2.45) is 5.73 Å². The third-order valence-corrected chi connectivity index (χ3v) is 2.45.